The van der Waals surface area contributed by atoms with E-state index in [1.54, 1.807) is 18.3 Å². The van der Waals surface area contributed by atoms with Crippen molar-refractivity contribution in [3.8, 4) is 0 Å². The van der Waals surface area contributed by atoms with Crippen molar-refractivity contribution in [3.05, 3.63) is 69.3 Å². The zero-order valence-corrected chi connectivity index (χ0v) is 13.7. The summed E-state index contributed by atoms with van der Waals surface area (Å²) in [4.78, 5) is 11.8. The molecule has 0 bridgehead atoms. The third-order valence-corrected chi connectivity index (χ3v) is 3.79. The molecule has 0 aliphatic rings. The van der Waals surface area contributed by atoms with Crippen LogP contribution in [0.15, 0.2) is 53.1 Å². The van der Waals surface area contributed by atoms with Gasteiger partial charge in [0.05, 0.1) is 0 Å². The quantitative estimate of drug-likeness (QED) is 0.771. The third kappa shape index (κ3) is 4.62. The fourth-order valence-electron chi connectivity index (χ4n) is 1.70. The van der Waals surface area contributed by atoms with Crippen LogP contribution in [0.3, 0.4) is 0 Å². The zero-order valence-electron chi connectivity index (χ0n) is 11.4. The Bertz CT molecular complexity index is 686. The Morgan fingerprint density at radius 1 is 1.24 bits per heavy atom. The molecule has 2 N–H and O–H groups in total. The SMILES string of the molecule is Cc1ccc(Cl)cc1NC(=O)N/C=C/c1ccccc1Br. The van der Waals surface area contributed by atoms with E-state index in [-0.39, 0.29) is 6.03 Å². The zero-order chi connectivity index (χ0) is 15.2. The van der Waals surface area contributed by atoms with Gasteiger partial charge in [0, 0.05) is 21.4 Å². The van der Waals surface area contributed by atoms with Crippen LogP contribution in [0.25, 0.3) is 6.08 Å². The van der Waals surface area contributed by atoms with Gasteiger partial charge in [-0.25, -0.2) is 4.79 Å². The number of benzene rings is 2. The lowest BCUT2D eigenvalue weighted by atomic mass is 10.2. The van der Waals surface area contributed by atoms with Crippen LogP contribution in [0.1, 0.15) is 11.1 Å². The van der Waals surface area contributed by atoms with Gasteiger partial charge in [0.1, 0.15) is 0 Å². The molecule has 0 unspecified atom stereocenters. The van der Waals surface area contributed by atoms with E-state index in [0.29, 0.717) is 10.7 Å². The minimum atomic E-state index is -0.316. The predicted octanol–water partition coefficient (Wildman–Crippen LogP) is 5.20. The summed E-state index contributed by atoms with van der Waals surface area (Å²) in [7, 11) is 0. The molecule has 0 saturated carbocycles. The maximum atomic E-state index is 11.8. The highest BCUT2D eigenvalue weighted by Crippen LogP contribution is 2.20. The summed E-state index contributed by atoms with van der Waals surface area (Å²) in [5.41, 5.74) is 2.62. The van der Waals surface area contributed by atoms with Gasteiger partial charge < -0.3 is 10.6 Å². The van der Waals surface area contributed by atoms with Crippen molar-refractivity contribution in [3.63, 3.8) is 0 Å². The van der Waals surface area contributed by atoms with Crippen molar-refractivity contribution in [2.75, 3.05) is 5.32 Å². The number of anilines is 1. The Kier molecular flexibility index (Phi) is 5.42. The topological polar surface area (TPSA) is 41.1 Å². The number of urea groups is 1. The van der Waals surface area contributed by atoms with Crippen LogP contribution < -0.4 is 10.6 Å². The van der Waals surface area contributed by atoms with Gasteiger partial charge >= 0.3 is 6.03 Å². The Labute approximate surface area is 137 Å². The lowest BCUT2D eigenvalue weighted by Gasteiger charge is -2.08. The number of amides is 2. The summed E-state index contributed by atoms with van der Waals surface area (Å²) in [6.45, 7) is 1.91. The molecule has 0 heterocycles. The number of carbonyl (C=O) groups is 1. The van der Waals surface area contributed by atoms with Gasteiger partial charge in [-0.15, -0.1) is 0 Å². The number of nitrogens with one attached hydrogen (secondary N) is 2. The summed E-state index contributed by atoms with van der Waals surface area (Å²) in [5.74, 6) is 0. The highest BCUT2D eigenvalue weighted by molar-refractivity contribution is 9.10. The Hall–Kier alpha value is -1.78. The smallest absolute Gasteiger partial charge is 0.314 e. The highest BCUT2D eigenvalue weighted by atomic mass is 79.9. The maximum Gasteiger partial charge on any atom is 0.323 e. The van der Waals surface area contributed by atoms with Gasteiger partial charge in [0.15, 0.2) is 0 Å². The number of hydrogen-bond donors (Lipinski definition) is 2. The number of carbonyl (C=O) groups excluding carboxylic acids is 1. The summed E-state index contributed by atoms with van der Waals surface area (Å²) < 4.78 is 0.967. The molecule has 2 amide bonds. The molecule has 0 fully saturated rings. The van der Waals surface area contributed by atoms with Gasteiger partial charge in [-0.3, -0.25) is 0 Å². The lowest BCUT2D eigenvalue weighted by Crippen LogP contribution is -2.24. The number of aryl methyl sites for hydroxylation is 1. The second-order valence-corrected chi connectivity index (χ2v) is 5.70. The lowest BCUT2D eigenvalue weighted by molar-refractivity contribution is 0.255. The first-order valence-electron chi connectivity index (χ1n) is 6.31. The summed E-state index contributed by atoms with van der Waals surface area (Å²) in [6, 6.07) is 12.8. The van der Waals surface area contributed by atoms with Crippen LogP contribution in [-0.4, -0.2) is 6.03 Å². The molecule has 2 aromatic carbocycles. The van der Waals surface area contributed by atoms with Gasteiger partial charge in [0.2, 0.25) is 0 Å². The average molecular weight is 366 g/mol. The van der Waals surface area contributed by atoms with Crippen LogP contribution in [-0.2, 0) is 0 Å². The van der Waals surface area contributed by atoms with E-state index >= 15 is 0 Å². The van der Waals surface area contributed by atoms with E-state index in [9.17, 15) is 4.79 Å². The van der Waals surface area contributed by atoms with E-state index in [2.05, 4.69) is 26.6 Å². The first-order valence-corrected chi connectivity index (χ1v) is 7.48. The molecule has 0 saturated heterocycles. The molecule has 3 nitrogen and oxygen atoms in total. The second kappa shape index (κ2) is 7.29. The predicted molar refractivity (Wildman–Crippen MR) is 91.5 cm³/mol. The molecule has 0 atom stereocenters. The summed E-state index contributed by atoms with van der Waals surface area (Å²) in [6.07, 6.45) is 3.41. The largest absolute Gasteiger partial charge is 0.323 e. The van der Waals surface area contributed by atoms with Crippen molar-refractivity contribution in [2.24, 2.45) is 0 Å². The maximum absolute atomic E-state index is 11.8. The summed E-state index contributed by atoms with van der Waals surface area (Å²) >= 11 is 9.35. The van der Waals surface area contributed by atoms with E-state index in [1.807, 2.05) is 43.3 Å². The van der Waals surface area contributed by atoms with E-state index in [1.165, 1.54) is 0 Å². The van der Waals surface area contributed by atoms with Crippen LogP contribution >= 0.6 is 27.5 Å². The minimum Gasteiger partial charge on any atom is -0.314 e. The van der Waals surface area contributed by atoms with Gasteiger partial charge in [0.25, 0.3) is 0 Å². The second-order valence-electron chi connectivity index (χ2n) is 4.41. The standard InChI is InChI=1S/C16H14BrClN2O/c1-11-6-7-13(18)10-15(11)20-16(21)19-9-8-12-4-2-3-5-14(12)17/h2-10H,1H3,(H2,19,20,21)/b9-8+. The number of halogens is 2. The number of hydrogen-bond acceptors (Lipinski definition) is 1. The molecular formula is C16H14BrClN2O. The molecule has 5 heteroatoms. The minimum absolute atomic E-state index is 0.316. The van der Waals surface area contributed by atoms with Crippen molar-refractivity contribution >= 4 is 45.3 Å². The number of rotatable bonds is 3. The van der Waals surface area contributed by atoms with Crippen LogP contribution in [0, 0.1) is 6.92 Å². The van der Waals surface area contributed by atoms with Gasteiger partial charge in [-0.05, 0) is 42.3 Å². The molecule has 0 spiro atoms. The van der Waals surface area contributed by atoms with Crippen molar-refractivity contribution in [1.82, 2.24) is 5.32 Å². The van der Waals surface area contributed by atoms with Crippen LogP contribution in [0.2, 0.25) is 5.02 Å². The Morgan fingerprint density at radius 2 is 2.00 bits per heavy atom. The molecule has 2 aromatic rings. The Morgan fingerprint density at radius 3 is 2.76 bits per heavy atom. The molecule has 21 heavy (non-hydrogen) atoms. The third-order valence-electron chi connectivity index (χ3n) is 2.83. The van der Waals surface area contributed by atoms with Gasteiger partial charge in [-0.2, -0.15) is 0 Å². The Balaban J connectivity index is 1.96. The van der Waals surface area contributed by atoms with E-state index in [0.717, 1.165) is 15.6 Å². The van der Waals surface area contributed by atoms with Crippen molar-refractivity contribution in [1.29, 1.82) is 0 Å². The molecule has 2 rings (SSSR count). The molecule has 0 aliphatic heterocycles. The summed E-state index contributed by atoms with van der Waals surface area (Å²) in [5, 5.41) is 6.00. The fraction of sp³-hybridized carbons (Fsp3) is 0.0625. The van der Waals surface area contributed by atoms with Gasteiger partial charge in [-0.1, -0.05) is 51.8 Å². The fourth-order valence-corrected chi connectivity index (χ4v) is 2.29. The van der Waals surface area contributed by atoms with E-state index in [4.69, 9.17) is 11.6 Å². The first-order chi connectivity index (χ1) is 10.1. The molecular weight excluding hydrogens is 352 g/mol. The monoisotopic (exact) mass is 364 g/mol. The van der Waals surface area contributed by atoms with Crippen molar-refractivity contribution < 1.29 is 4.79 Å². The van der Waals surface area contributed by atoms with Crippen LogP contribution in [0.5, 0.6) is 0 Å². The normalized spacial score (nSPS) is 10.6. The first kappa shape index (κ1) is 15.6. The van der Waals surface area contributed by atoms with E-state index < -0.39 is 0 Å². The van der Waals surface area contributed by atoms with Crippen molar-refractivity contribution in [2.45, 2.75) is 6.92 Å². The highest BCUT2D eigenvalue weighted by Gasteiger charge is 2.03. The average Bonchev–Trinajstić information content (AvgIpc) is 2.45. The molecule has 0 aliphatic carbocycles. The molecule has 108 valence electrons. The molecule has 0 aromatic heterocycles. The van der Waals surface area contributed by atoms with Crippen LogP contribution in [0.4, 0.5) is 10.5 Å². The molecule has 0 radical (unpaired) electrons.